The zero-order valence-electron chi connectivity index (χ0n) is 12.2. The standard InChI is InChI=1S/C15H22F3NO2/c1-20-5-2-6-21-14-8-11(10-19-13-3-4-13)7-12(9-14)15(16,17)18/h7,9,11,13,19H,2-6,8,10H2,1H3. The Kier molecular flexibility index (Phi) is 5.70. The third kappa shape index (κ3) is 5.71. The van der Waals surface area contributed by atoms with E-state index in [0.717, 1.165) is 18.9 Å². The highest BCUT2D eigenvalue weighted by molar-refractivity contribution is 5.31. The molecule has 0 amide bonds. The Hall–Kier alpha value is -1.01. The van der Waals surface area contributed by atoms with E-state index in [9.17, 15) is 13.2 Å². The summed E-state index contributed by atoms with van der Waals surface area (Å²) < 4.78 is 49.2. The SMILES string of the molecule is COCCCOC1=CC(C(F)(F)F)=CC(CNC2CC2)C1. The van der Waals surface area contributed by atoms with Gasteiger partial charge in [-0.2, -0.15) is 13.2 Å². The minimum absolute atomic E-state index is 0.162. The van der Waals surface area contributed by atoms with Crippen molar-refractivity contribution in [3.05, 3.63) is 23.5 Å². The molecule has 0 aliphatic heterocycles. The van der Waals surface area contributed by atoms with Crippen LogP contribution in [0.3, 0.4) is 0 Å². The fraction of sp³-hybridized carbons (Fsp3) is 0.733. The van der Waals surface area contributed by atoms with Gasteiger partial charge in [-0.3, -0.25) is 0 Å². The van der Waals surface area contributed by atoms with Gasteiger partial charge in [0.2, 0.25) is 0 Å². The monoisotopic (exact) mass is 305 g/mol. The van der Waals surface area contributed by atoms with Gasteiger partial charge in [0, 0.05) is 39.1 Å². The van der Waals surface area contributed by atoms with Crippen molar-refractivity contribution in [1.82, 2.24) is 5.32 Å². The lowest BCUT2D eigenvalue weighted by Gasteiger charge is -2.23. The molecule has 6 heteroatoms. The van der Waals surface area contributed by atoms with Gasteiger partial charge in [0.05, 0.1) is 17.9 Å². The lowest BCUT2D eigenvalue weighted by molar-refractivity contribution is -0.0895. The van der Waals surface area contributed by atoms with Gasteiger partial charge in [0.25, 0.3) is 0 Å². The molecule has 1 saturated carbocycles. The van der Waals surface area contributed by atoms with Crippen LogP contribution in [-0.4, -0.2) is 39.1 Å². The normalized spacial score (nSPS) is 22.8. The number of ether oxygens (including phenoxy) is 2. The molecule has 1 atom stereocenters. The molecule has 2 aliphatic rings. The second kappa shape index (κ2) is 7.31. The third-order valence-corrected chi connectivity index (χ3v) is 3.55. The molecule has 21 heavy (non-hydrogen) atoms. The highest BCUT2D eigenvalue weighted by atomic mass is 19.4. The first-order valence-electron chi connectivity index (χ1n) is 7.33. The third-order valence-electron chi connectivity index (χ3n) is 3.55. The van der Waals surface area contributed by atoms with Gasteiger partial charge < -0.3 is 14.8 Å². The molecule has 3 nitrogen and oxygen atoms in total. The second-order valence-electron chi connectivity index (χ2n) is 5.57. The number of hydrogen-bond donors (Lipinski definition) is 1. The lowest BCUT2D eigenvalue weighted by Crippen LogP contribution is -2.27. The summed E-state index contributed by atoms with van der Waals surface area (Å²) in [5.74, 6) is 0.258. The molecule has 0 heterocycles. The number of nitrogens with one attached hydrogen (secondary N) is 1. The van der Waals surface area contributed by atoms with Crippen LogP contribution < -0.4 is 5.32 Å². The molecule has 1 N–H and O–H groups in total. The van der Waals surface area contributed by atoms with Gasteiger partial charge >= 0.3 is 6.18 Å². The van der Waals surface area contributed by atoms with Crippen molar-refractivity contribution in [3.8, 4) is 0 Å². The summed E-state index contributed by atoms with van der Waals surface area (Å²) in [5, 5.41) is 3.28. The van der Waals surface area contributed by atoms with Gasteiger partial charge in [-0.25, -0.2) is 0 Å². The van der Waals surface area contributed by atoms with Crippen molar-refractivity contribution in [2.45, 2.75) is 37.9 Å². The molecule has 1 unspecified atom stereocenters. The number of halogens is 3. The predicted octanol–water partition coefficient (Wildman–Crippen LogP) is 3.18. The molecule has 0 aromatic rings. The van der Waals surface area contributed by atoms with Gasteiger partial charge in [-0.05, 0) is 24.8 Å². The van der Waals surface area contributed by atoms with E-state index < -0.39 is 11.7 Å². The first-order valence-corrected chi connectivity index (χ1v) is 7.33. The smallest absolute Gasteiger partial charge is 0.416 e. The average Bonchev–Trinajstić information content (AvgIpc) is 3.24. The molecular weight excluding hydrogens is 283 g/mol. The largest absolute Gasteiger partial charge is 0.498 e. The molecular formula is C15H22F3NO2. The molecule has 0 aromatic carbocycles. The van der Waals surface area contributed by atoms with Crippen LogP contribution in [0.4, 0.5) is 13.2 Å². The summed E-state index contributed by atoms with van der Waals surface area (Å²) in [6.45, 7) is 1.50. The van der Waals surface area contributed by atoms with E-state index in [1.807, 2.05) is 0 Å². The van der Waals surface area contributed by atoms with E-state index in [2.05, 4.69) is 5.32 Å². The van der Waals surface area contributed by atoms with E-state index in [4.69, 9.17) is 9.47 Å². The summed E-state index contributed by atoms with van der Waals surface area (Å²) in [7, 11) is 1.59. The highest BCUT2D eigenvalue weighted by Crippen LogP contribution is 2.34. The Morgan fingerprint density at radius 1 is 1.29 bits per heavy atom. The lowest BCUT2D eigenvalue weighted by atomic mass is 9.94. The number of methoxy groups -OCH3 is 1. The minimum atomic E-state index is -4.32. The Labute approximate surface area is 123 Å². The number of rotatable bonds is 8. The fourth-order valence-corrected chi connectivity index (χ4v) is 2.27. The zero-order chi connectivity index (χ0) is 15.3. The quantitative estimate of drug-likeness (QED) is 0.699. The van der Waals surface area contributed by atoms with Crippen molar-refractivity contribution in [1.29, 1.82) is 0 Å². The summed E-state index contributed by atoms with van der Waals surface area (Å²) in [6.07, 6.45) is 1.56. The van der Waals surface area contributed by atoms with Crippen molar-refractivity contribution in [2.24, 2.45) is 5.92 Å². The van der Waals surface area contributed by atoms with E-state index >= 15 is 0 Å². The van der Waals surface area contributed by atoms with Crippen LogP contribution in [-0.2, 0) is 9.47 Å². The van der Waals surface area contributed by atoms with Gasteiger partial charge in [-0.1, -0.05) is 6.08 Å². The van der Waals surface area contributed by atoms with E-state index in [1.54, 1.807) is 7.11 Å². The molecule has 2 rings (SSSR count). The maximum Gasteiger partial charge on any atom is 0.416 e. The van der Waals surface area contributed by atoms with Crippen molar-refractivity contribution in [2.75, 3.05) is 26.9 Å². The Morgan fingerprint density at radius 2 is 2.05 bits per heavy atom. The van der Waals surface area contributed by atoms with Gasteiger partial charge in [-0.15, -0.1) is 0 Å². The van der Waals surface area contributed by atoms with E-state index in [1.165, 1.54) is 6.08 Å². The molecule has 0 bridgehead atoms. The molecule has 0 radical (unpaired) electrons. The Bertz CT molecular complexity index is 400. The summed E-state index contributed by atoms with van der Waals surface area (Å²) in [5.41, 5.74) is -0.599. The van der Waals surface area contributed by atoms with E-state index in [0.29, 0.717) is 44.4 Å². The van der Waals surface area contributed by atoms with Crippen LogP contribution in [0, 0.1) is 5.92 Å². The van der Waals surface area contributed by atoms with Crippen molar-refractivity contribution in [3.63, 3.8) is 0 Å². The first kappa shape index (κ1) is 16.4. The molecule has 2 aliphatic carbocycles. The molecule has 0 aromatic heterocycles. The predicted molar refractivity (Wildman–Crippen MR) is 73.8 cm³/mol. The Balaban J connectivity index is 1.91. The van der Waals surface area contributed by atoms with E-state index in [-0.39, 0.29) is 5.92 Å². The number of alkyl halides is 3. The number of hydrogen-bond acceptors (Lipinski definition) is 3. The number of allylic oxidation sites excluding steroid dienone is 3. The maximum atomic E-state index is 12.9. The Morgan fingerprint density at radius 3 is 2.67 bits per heavy atom. The van der Waals surface area contributed by atoms with Crippen LogP contribution in [0.2, 0.25) is 0 Å². The van der Waals surface area contributed by atoms with Gasteiger partial charge in [0.1, 0.15) is 0 Å². The van der Waals surface area contributed by atoms with Crippen molar-refractivity contribution >= 4 is 0 Å². The van der Waals surface area contributed by atoms with Crippen LogP contribution in [0.1, 0.15) is 25.7 Å². The maximum absolute atomic E-state index is 12.9. The zero-order valence-corrected chi connectivity index (χ0v) is 12.2. The average molecular weight is 305 g/mol. The van der Waals surface area contributed by atoms with Crippen LogP contribution in [0.15, 0.2) is 23.5 Å². The van der Waals surface area contributed by atoms with Gasteiger partial charge in [0.15, 0.2) is 0 Å². The fourth-order valence-electron chi connectivity index (χ4n) is 2.27. The van der Waals surface area contributed by atoms with Crippen LogP contribution in [0.25, 0.3) is 0 Å². The van der Waals surface area contributed by atoms with Crippen molar-refractivity contribution < 1.29 is 22.6 Å². The topological polar surface area (TPSA) is 30.5 Å². The summed E-state index contributed by atoms with van der Waals surface area (Å²) >= 11 is 0. The second-order valence-corrected chi connectivity index (χ2v) is 5.57. The highest BCUT2D eigenvalue weighted by Gasteiger charge is 2.35. The summed E-state index contributed by atoms with van der Waals surface area (Å²) in [6, 6.07) is 0.490. The first-order chi connectivity index (χ1) is 9.99. The minimum Gasteiger partial charge on any atom is -0.498 e. The molecule has 120 valence electrons. The molecule has 0 spiro atoms. The molecule has 0 saturated heterocycles. The summed E-state index contributed by atoms with van der Waals surface area (Å²) in [4.78, 5) is 0. The van der Waals surface area contributed by atoms with Crippen LogP contribution in [0.5, 0.6) is 0 Å². The molecule has 1 fully saturated rings. The van der Waals surface area contributed by atoms with Crippen LogP contribution >= 0.6 is 0 Å².